The summed E-state index contributed by atoms with van der Waals surface area (Å²) in [5.74, 6) is 0. The molecule has 2 heterocycles. The van der Waals surface area contributed by atoms with Gasteiger partial charge in [0, 0.05) is 24.4 Å². The van der Waals surface area contributed by atoms with Gasteiger partial charge in [-0.05, 0) is 33.6 Å². The molecule has 0 atom stereocenters. The molecule has 7 heteroatoms. The number of halogens is 2. The fourth-order valence-corrected chi connectivity index (χ4v) is 3.23. The van der Waals surface area contributed by atoms with Gasteiger partial charge in [-0.2, -0.15) is 5.10 Å². The van der Waals surface area contributed by atoms with Crippen LogP contribution in [0.5, 0.6) is 0 Å². The molecule has 2 aromatic heterocycles. The number of nitrogens with zero attached hydrogens (tertiary/aromatic N) is 4. The third-order valence-electron chi connectivity index (χ3n) is 2.64. The fraction of sp³-hybridized carbons (Fsp3) is 0.0833. The number of aromatic nitrogens is 4. The van der Waals surface area contributed by atoms with Crippen LogP contribution in [0.15, 0.2) is 34.5 Å². The highest BCUT2D eigenvalue weighted by molar-refractivity contribution is 9.11. The predicted molar refractivity (Wildman–Crippen MR) is 80.3 cm³/mol. The van der Waals surface area contributed by atoms with Crippen LogP contribution in [0, 0.1) is 0 Å². The Hall–Kier alpha value is -1.24. The van der Waals surface area contributed by atoms with Crippen LogP contribution in [0.25, 0.3) is 21.7 Å². The summed E-state index contributed by atoms with van der Waals surface area (Å²) in [5, 5.41) is 13.6. The Morgan fingerprint density at radius 3 is 2.68 bits per heavy atom. The van der Waals surface area contributed by atoms with Crippen LogP contribution < -0.4 is 0 Å². The minimum absolute atomic E-state index is 0.657. The Bertz CT molecular complexity index is 737. The Kier molecular flexibility index (Phi) is 3.38. The number of aryl methyl sites for hydroxylation is 1. The van der Waals surface area contributed by atoms with Gasteiger partial charge >= 0.3 is 0 Å². The van der Waals surface area contributed by atoms with E-state index in [2.05, 4.69) is 31.2 Å². The zero-order valence-electron chi connectivity index (χ0n) is 9.84. The maximum absolute atomic E-state index is 6.33. The smallest absolute Gasteiger partial charge is 0.183 e. The van der Waals surface area contributed by atoms with Gasteiger partial charge < -0.3 is 0 Å². The molecule has 3 aromatic rings. The molecule has 0 aliphatic carbocycles. The average molecular weight is 356 g/mol. The van der Waals surface area contributed by atoms with Gasteiger partial charge in [0.05, 0.1) is 11.2 Å². The molecule has 0 unspecified atom stereocenters. The quantitative estimate of drug-likeness (QED) is 0.697. The second-order valence-corrected chi connectivity index (χ2v) is 6.62. The Morgan fingerprint density at radius 2 is 2.11 bits per heavy atom. The summed E-state index contributed by atoms with van der Waals surface area (Å²) in [6, 6.07) is 5.88. The average Bonchev–Trinajstić information content (AvgIpc) is 2.98. The predicted octanol–water partition coefficient (Wildman–Crippen LogP) is 4.02. The molecule has 0 amide bonds. The van der Waals surface area contributed by atoms with Crippen LogP contribution >= 0.6 is 38.9 Å². The molecule has 96 valence electrons. The SMILES string of the molecule is Cn1cc(-c2ccc(-c3nnc(Br)s3)c(Cl)c2)cn1. The summed E-state index contributed by atoms with van der Waals surface area (Å²) >= 11 is 11.1. The van der Waals surface area contributed by atoms with Gasteiger partial charge in [-0.1, -0.05) is 29.0 Å². The van der Waals surface area contributed by atoms with Gasteiger partial charge in [0.15, 0.2) is 3.92 Å². The zero-order chi connectivity index (χ0) is 13.4. The molecular weight excluding hydrogens is 348 g/mol. The molecule has 0 radical (unpaired) electrons. The Balaban J connectivity index is 2.03. The summed E-state index contributed by atoms with van der Waals surface area (Å²) < 4.78 is 2.51. The molecule has 1 aromatic carbocycles. The molecule has 0 fully saturated rings. The molecule has 0 aliphatic heterocycles. The molecule has 0 saturated carbocycles. The third-order valence-corrected chi connectivity index (χ3v) is 4.34. The highest BCUT2D eigenvalue weighted by atomic mass is 79.9. The van der Waals surface area contributed by atoms with Crippen molar-refractivity contribution < 1.29 is 0 Å². The molecule has 0 bridgehead atoms. The number of benzene rings is 1. The van der Waals surface area contributed by atoms with Crippen LogP contribution in [0.1, 0.15) is 0 Å². The van der Waals surface area contributed by atoms with Gasteiger partial charge in [0.2, 0.25) is 0 Å². The third kappa shape index (κ3) is 2.56. The van der Waals surface area contributed by atoms with Crippen molar-refractivity contribution in [2.45, 2.75) is 0 Å². The molecule has 0 saturated heterocycles. The first-order valence-corrected chi connectivity index (χ1v) is 7.40. The van der Waals surface area contributed by atoms with Crippen molar-refractivity contribution >= 4 is 38.9 Å². The van der Waals surface area contributed by atoms with Crippen LogP contribution in [0.3, 0.4) is 0 Å². The van der Waals surface area contributed by atoms with Gasteiger partial charge in [-0.15, -0.1) is 10.2 Å². The lowest BCUT2D eigenvalue weighted by Gasteiger charge is -2.02. The maximum atomic E-state index is 6.33. The fourth-order valence-electron chi connectivity index (χ4n) is 1.75. The first-order valence-electron chi connectivity index (χ1n) is 5.41. The second-order valence-electron chi connectivity index (χ2n) is 3.96. The van der Waals surface area contributed by atoms with E-state index in [1.165, 1.54) is 11.3 Å². The van der Waals surface area contributed by atoms with Gasteiger partial charge in [0.25, 0.3) is 0 Å². The van der Waals surface area contributed by atoms with Crippen LogP contribution in [0.4, 0.5) is 0 Å². The molecule has 4 nitrogen and oxygen atoms in total. The molecule has 0 N–H and O–H groups in total. The molecule has 0 aliphatic rings. The largest absolute Gasteiger partial charge is 0.275 e. The van der Waals surface area contributed by atoms with E-state index in [-0.39, 0.29) is 0 Å². The van der Waals surface area contributed by atoms with E-state index in [1.54, 1.807) is 4.68 Å². The Labute approximate surface area is 127 Å². The summed E-state index contributed by atoms with van der Waals surface area (Å²) in [5.41, 5.74) is 2.96. The minimum atomic E-state index is 0.657. The van der Waals surface area contributed by atoms with E-state index in [1.807, 2.05) is 37.6 Å². The van der Waals surface area contributed by atoms with Crippen LogP contribution in [-0.4, -0.2) is 20.0 Å². The molecule has 19 heavy (non-hydrogen) atoms. The standard InChI is InChI=1S/C12H8BrClN4S/c1-18-6-8(5-15-18)7-2-3-9(10(14)4-7)11-16-17-12(13)19-11/h2-6H,1H3. The van der Waals surface area contributed by atoms with Crippen molar-refractivity contribution in [3.63, 3.8) is 0 Å². The van der Waals surface area contributed by atoms with Gasteiger partial charge in [-0.3, -0.25) is 4.68 Å². The van der Waals surface area contributed by atoms with Crippen LogP contribution in [0.2, 0.25) is 5.02 Å². The molecular formula is C12H8BrClN4S. The number of hydrogen-bond acceptors (Lipinski definition) is 4. The first kappa shape index (κ1) is 12.8. The van der Waals surface area contributed by atoms with E-state index in [4.69, 9.17) is 11.6 Å². The summed E-state index contributed by atoms with van der Waals surface area (Å²) in [6.45, 7) is 0. The van der Waals surface area contributed by atoms with Crippen molar-refractivity contribution in [3.8, 4) is 21.7 Å². The lowest BCUT2D eigenvalue weighted by Crippen LogP contribution is -1.84. The summed E-state index contributed by atoms with van der Waals surface area (Å²) in [6.07, 6.45) is 3.76. The topological polar surface area (TPSA) is 43.6 Å². The lowest BCUT2D eigenvalue weighted by atomic mass is 10.1. The highest BCUT2D eigenvalue weighted by Crippen LogP contribution is 2.34. The lowest BCUT2D eigenvalue weighted by molar-refractivity contribution is 0.768. The van der Waals surface area contributed by atoms with Crippen molar-refractivity contribution in [1.29, 1.82) is 0 Å². The molecule has 0 spiro atoms. The van der Waals surface area contributed by atoms with E-state index >= 15 is 0 Å². The molecule has 3 rings (SSSR count). The van der Waals surface area contributed by atoms with Crippen molar-refractivity contribution in [1.82, 2.24) is 20.0 Å². The number of hydrogen-bond donors (Lipinski definition) is 0. The van der Waals surface area contributed by atoms with Crippen molar-refractivity contribution in [3.05, 3.63) is 39.5 Å². The minimum Gasteiger partial charge on any atom is -0.275 e. The van der Waals surface area contributed by atoms with E-state index in [0.717, 1.165) is 25.6 Å². The monoisotopic (exact) mass is 354 g/mol. The normalized spacial score (nSPS) is 10.9. The zero-order valence-corrected chi connectivity index (χ0v) is 13.0. The Morgan fingerprint density at radius 1 is 1.26 bits per heavy atom. The van der Waals surface area contributed by atoms with Gasteiger partial charge in [0.1, 0.15) is 5.01 Å². The summed E-state index contributed by atoms with van der Waals surface area (Å²) in [7, 11) is 1.89. The maximum Gasteiger partial charge on any atom is 0.183 e. The number of rotatable bonds is 2. The van der Waals surface area contributed by atoms with E-state index in [9.17, 15) is 0 Å². The second kappa shape index (κ2) is 5.03. The highest BCUT2D eigenvalue weighted by Gasteiger charge is 2.11. The van der Waals surface area contributed by atoms with Crippen molar-refractivity contribution in [2.75, 3.05) is 0 Å². The first-order chi connectivity index (χ1) is 9.13. The summed E-state index contributed by atoms with van der Waals surface area (Å²) in [4.78, 5) is 0. The van der Waals surface area contributed by atoms with Crippen molar-refractivity contribution in [2.24, 2.45) is 7.05 Å². The van der Waals surface area contributed by atoms with Crippen LogP contribution in [-0.2, 0) is 7.05 Å². The van der Waals surface area contributed by atoms with E-state index < -0.39 is 0 Å². The van der Waals surface area contributed by atoms with Gasteiger partial charge in [-0.25, -0.2) is 0 Å². The van der Waals surface area contributed by atoms with E-state index in [0.29, 0.717) is 5.02 Å².